The fraction of sp³-hybridized carbons (Fsp3) is 0.600. The van der Waals surface area contributed by atoms with Crippen LogP contribution in [0.1, 0.15) is 45.1 Å². The number of benzene rings is 1. The Labute approximate surface area is 109 Å². The summed E-state index contributed by atoms with van der Waals surface area (Å²) in [5.74, 6) is 1.58. The molecule has 1 aromatic rings. The molecule has 1 nitrogen and oxygen atoms in total. The average Bonchev–Trinajstić information content (AvgIpc) is 2.68. The van der Waals surface area contributed by atoms with E-state index in [-0.39, 0.29) is 10.8 Å². The average molecular weight is 253 g/mol. The number of fused-ring (bicyclic) bond motifs is 1. The number of para-hydroxylation sites is 1. The van der Waals surface area contributed by atoms with Gasteiger partial charge in [0.25, 0.3) is 0 Å². The van der Waals surface area contributed by atoms with Crippen molar-refractivity contribution < 1.29 is 4.74 Å². The monoisotopic (exact) mass is 252 g/mol. The molecule has 1 aromatic carbocycles. The topological polar surface area (TPSA) is 9.23 Å². The molecule has 17 heavy (non-hydrogen) atoms. The second-order valence-corrected chi connectivity index (χ2v) is 6.48. The third-order valence-corrected chi connectivity index (χ3v) is 4.38. The number of ether oxygens (including phenoxy) is 1. The third-order valence-electron chi connectivity index (χ3n) is 3.51. The Balaban J connectivity index is 1.94. The Hall–Kier alpha value is -0.690. The summed E-state index contributed by atoms with van der Waals surface area (Å²) in [6.07, 6.45) is 2.16. The van der Waals surface area contributed by atoms with Crippen LogP contribution in [0.4, 0.5) is 0 Å². The Morgan fingerprint density at radius 1 is 1.35 bits per heavy atom. The summed E-state index contributed by atoms with van der Waals surface area (Å²) in [5, 5.41) is 0.232. The van der Waals surface area contributed by atoms with Crippen molar-refractivity contribution in [3.63, 3.8) is 0 Å². The molecule has 0 bridgehead atoms. The number of hydrogen-bond donors (Lipinski definition) is 0. The van der Waals surface area contributed by atoms with E-state index in [0.717, 1.165) is 25.2 Å². The van der Waals surface area contributed by atoms with Gasteiger partial charge >= 0.3 is 0 Å². The van der Waals surface area contributed by atoms with Gasteiger partial charge in [0, 0.05) is 16.9 Å². The van der Waals surface area contributed by atoms with Crippen LogP contribution < -0.4 is 4.74 Å². The molecule has 0 aliphatic carbocycles. The van der Waals surface area contributed by atoms with Crippen LogP contribution in [0.2, 0.25) is 0 Å². The molecule has 0 spiro atoms. The van der Waals surface area contributed by atoms with Crippen molar-refractivity contribution in [3.8, 4) is 5.75 Å². The molecule has 2 rings (SSSR count). The van der Waals surface area contributed by atoms with Crippen LogP contribution in [0, 0.1) is 5.41 Å². The maximum Gasteiger partial charge on any atom is 0.122 e. The highest BCUT2D eigenvalue weighted by Crippen LogP contribution is 2.38. The lowest BCUT2D eigenvalue weighted by Crippen LogP contribution is -2.21. The highest BCUT2D eigenvalue weighted by atomic mass is 35.5. The van der Waals surface area contributed by atoms with Crippen LogP contribution in [-0.4, -0.2) is 12.0 Å². The van der Waals surface area contributed by atoms with Gasteiger partial charge in [0.15, 0.2) is 0 Å². The van der Waals surface area contributed by atoms with Gasteiger partial charge in [0.2, 0.25) is 0 Å². The maximum absolute atomic E-state index is 6.42. The van der Waals surface area contributed by atoms with Crippen LogP contribution >= 0.6 is 11.6 Å². The van der Waals surface area contributed by atoms with Crippen LogP contribution in [-0.2, 0) is 0 Å². The lowest BCUT2D eigenvalue weighted by atomic mass is 9.86. The van der Waals surface area contributed by atoms with Gasteiger partial charge in [-0.3, -0.25) is 0 Å². The minimum absolute atomic E-state index is 0.181. The Morgan fingerprint density at radius 3 is 2.76 bits per heavy atom. The zero-order valence-corrected chi connectivity index (χ0v) is 11.6. The first-order valence-electron chi connectivity index (χ1n) is 6.34. The smallest absolute Gasteiger partial charge is 0.122 e. The van der Waals surface area contributed by atoms with E-state index < -0.39 is 0 Å². The molecule has 2 atom stereocenters. The SMILES string of the molecule is CC(C)(C)C(Cl)CCC1COc2ccccc21. The molecule has 1 heterocycles. The van der Waals surface area contributed by atoms with E-state index in [1.54, 1.807) is 0 Å². The van der Waals surface area contributed by atoms with Crippen LogP contribution in [0.15, 0.2) is 24.3 Å². The van der Waals surface area contributed by atoms with Crippen molar-refractivity contribution in [2.24, 2.45) is 5.41 Å². The molecule has 0 saturated carbocycles. The molecular formula is C15H21ClO. The third kappa shape index (κ3) is 2.95. The van der Waals surface area contributed by atoms with Gasteiger partial charge < -0.3 is 4.74 Å². The normalized spacial score (nSPS) is 20.8. The highest BCUT2D eigenvalue weighted by Gasteiger charge is 2.27. The molecule has 2 heteroatoms. The lowest BCUT2D eigenvalue weighted by Gasteiger charge is -2.25. The van der Waals surface area contributed by atoms with Gasteiger partial charge in [-0.15, -0.1) is 11.6 Å². The number of alkyl halides is 1. The first-order chi connectivity index (χ1) is 7.98. The zero-order valence-electron chi connectivity index (χ0n) is 10.9. The summed E-state index contributed by atoms with van der Waals surface area (Å²) in [5.41, 5.74) is 1.53. The van der Waals surface area contributed by atoms with E-state index in [9.17, 15) is 0 Å². The highest BCUT2D eigenvalue weighted by molar-refractivity contribution is 6.21. The molecule has 0 N–H and O–H groups in total. The molecule has 1 aliphatic rings. The Morgan fingerprint density at radius 2 is 2.06 bits per heavy atom. The molecule has 94 valence electrons. The minimum Gasteiger partial charge on any atom is -0.493 e. The number of hydrogen-bond acceptors (Lipinski definition) is 1. The quantitative estimate of drug-likeness (QED) is 0.715. The molecule has 0 radical (unpaired) electrons. The second-order valence-electron chi connectivity index (χ2n) is 5.96. The van der Waals surface area contributed by atoms with E-state index >= 15 is 0 Å². The number of halogens is 1. The molecule has 0 amide bonds. The van der Waals surface area contributed by atoms with E-state index in [1.807, 2.05) is 6.07 Å². The van der Waals surface area contributed by atoms with E-state index in [2.05, 4.69) is 39.0 Å². The summed E-state index contributed by atoms with van der Waals surface area (Å²) in [7, 11) is 0. The van der Waals surface area contributed by atoms with Crippen molar-refractivity contribution in [2.75, 3.05) is 6.61 Å². The summed E-state index contributed by atoms with van der Waals surface area (Å²) in [4.78, 5) is 0. The first kappa shape index (κ1) is 12.8. The Kier molecular flexibility index (Phi) is 3.67. The molecule has 0 saturated heterocycles. The maximum atomic E-state index is 6.42. The predicted octanol–water partition coefficient (Wildman–Crippen LogP) is 4.60. The van der Waals surface area contributed by atoms with Crippen LogP contribution in [0.3, 0.4) is 0 Å². The van der Waals surface area contributed by atoms with Gasteiger partial charge in [-0.1, -0.05) is 39.0 Å². The van der Waals surface area contributed by atoms with Crippen LogP contribution in [0.25, 0.3) is 0 Å². The molecule has 0 fully saturated rings. The second kappa shape index (κ2) is 4.89. The minimum atomic E-state index is 0.181. The van der Waals surface area contributed by atoms with E-state index in [0.29, 0.717) is 5.92 Å². The first-order valence-corrected chi connectivity index (χ1v) is 6.78. The number of rotatable bonds is 3. The summed E-state index contributed by atoms with van der Waals surface area (Å²) < 4.78 is 5.69. The molecule has 1 aliphatic heterocycles. The zero-order chi connectivity index (χ0) is 12.5. The Bertz CT molecular complexity index is 381. The van der Waals surface area contributed by atoms with Gasteiger partial charge in [-0.25, -0.2) is 0 Å². The molecule has 0 aromatic heterocycles. The van der Waals surface area contributed by atoms with Crippen molar-refractivity contribution in [2.45, 2.75) is 44.9 Å². The summed E-state index contributed by atoms with van der Waals surface area (Å²) in [6.45, 7) is 7.41. The van der Waals surface area contributed by atoms with Crippen molar-refractivity contribution >= 4 is 11.6 Å². The fourth-order valence-electron chi connectivity index (χ4n) is 2.25. The fourth-order valence-corrected chi connectivity index (χ4v) is 2.37. The van der Waals surface area contributed by atoms with Crippen LogP contribution in [0.5, 0.6) is 5.75 Å². The van der Waals surface area contributed by atoms with Gasteiger partial charge in [-0.2, -0.15) is 0 Å². The summed E-state index contributed by atoms with van der Waals surface area (Å²) >= 11 is 6.42. The van der Waals surface area contributed by atoms with Crippen molar-refractivity contribution in [3.05, 3.63) is 29.8 Å². The van der Waals surface area contributed by atoms with Gasteiger partial charge in [0.1, 0.15) is 5.75 Å². The van der Waals surface area contributed by atoms with Gasteiger partial charge in [0.05, 0.1) is 6.61 Å². The lowest BCUT2D eigenvalue weighted by molar-refractivity contribution is 0.309. The van der Waals surface area contributed by atoms with Gasteiger partial charge in [-0.05, 0) is 24.3 Å². The van der Waals surface area contributed by atoms with Crippen molar-refractivity contribution in [1.82, 2.24) is 0 Å². The molecule has 2 unspecified atom stereocenters. The van der Waals surface area contributed by atoms with E-state index in [4.69, 9.17) is 16.3 Å². The standard InChI is InChI=1S/C15H21ClO/c1-15(2,3)14(16)9-8-11-10-17-13-7-5-4-6-12(11)13/h4-7,11,14H,8-10H2,1-3H3. The van der Waals surface area contributed by atoms with Crippen molar-refractivity contribution in [1.29, 1.82) is 0 Å². The predicted molar refractivity (Wildman–Crippen MR) is 73.0 cm³/mol. The summed E-state index contributed by atoms with van der Waals surface area (Å²) in [6, 6.07) is 8.34. The largest absolute Gasteiger partial charge is 0.493 e. The van der Waals surface area contributed by atoms with E-state index in [1.165, 1.54) is 5.56 Å². The molecular weight excluding hydrogens is 232 g/mol.